The summed E-state index contributed by atoms with van der Waals surface area (Å²) in [7, 11) is 0. The van der Waals surface area contributed by atoms with Crippen molar-refractivity contribution in [1.29, 1.82) is 0 Å². The predicted octanol–water partition coefficient (Wildman–Crippen LogP) is 1.65. The molecule has 6 nitrogen and oxygen atoms in total. The number of fused-ring (bicyclic) bond motifs is 1. The lowest BCUT2D eigenvalue weighted by Gasteiger charge is -2.32. The van der Waals surface area contributed by atoms with Gasteiger partial charge in [-0.2, -0.15) is 5.10 Å². The number of rotatable bonds is 3. The van der Waals surface area contributed by atoms with Crippen LogP contribution in [0, 0.1) is 0 Å². The minimum Gasteiger partial charge on any atom is -0.334 e. The highest BCUT2D eigenvalue weighted by Gasteiger charge is 2.36. The number of urea groups is 1. The third-order valence-corrected chi connectivity index (χ3v) is 4.39. The van der Waals surface area contributed by atoms with Crippen LogP contribution in [0.2, 0.25) is 0 Å². The van der Waals surface area contributed by atoms with Gasteiger partial charge in [-0.05, 0) is 32.7 Å². The molecule has 3 heterocycles. The number of nitrogens with one attached hydrogen (secondary N) is 2. The topological polar surface area (TPSA) is 62.2 Å². The molecule has 2 amide bonds. The molecule has 0 radical (unpaired) electrons. The third kappa shape index (κ3) is 2.80. The quantitative estimate of drug-likeness (QED) is 0.883. The number of carbonyl (C=O) groups is 1. The number of amides is 2. The molecule has 0 unspecified atom stereocenters. The van der Waals surface area contributed by atoms with E-state index >= 15 is 0 Å². The molecule has 3 rings (SSSR count). The molecule has 6 heteroatoms. The van der Waals surface area contributed by atoms with Crippen molar-refractivity contribution in [2.75, 3.05) is 18.4 Å². The largest absolute Gasteiger partial charge is 0.334 e. The second-order valence-corrected chi connectivity index (χ2v) is 5.68. The Morgan fingerprint density at radius 2 is 2.30 bits per heavy atom. The van der Waals surface area contributed by atoms with Gasteiger partial charge in [-0.15, -0.1) is 0 Å². The predicted molar refractivity (Wildman–Crippen MR) is 77.7 cm³/mol. The molecule has 0 bridgehead atoms. The van der Waals surface area contributed by atoms with Gasteiger partial charge in [0.1, 0.15) is 0 Å². The molecular weight excluding hydrogens is 254 g/mol. The highest BCUT2D eigenvalue weighted by molar-refractivity contribution is 5.89. The molecule has 0 aromatic carbocycles. The molecule has 2 saturated heterocycles. The van der Waals surface area contributed by atoms with Crippen molar-refractivity contribution in [2.24, 2.45) is 0 Å². The first-order valence-electron chi connectivity index (χ1n) is 7.60. The lowest BCUT2D eigenvalue weighted by Crippen LogP contribution is -2.47. The van der Waals surface area contributed by atoms with E-state index < -0.39 is 0 Å². The summed E-state index contributed by atoms with van der Waals surface area (Å²) in [5.74, 6) is 0. The van der Waals surface area contributed by atoms with Crippen LogP contribution >= 0.6 is 0 Å². The Balaban J connectivity index is 1.53. The van der Waals surface area contributed by atoms with Crippen molar-refractivity contribution >= 4 is 11.7 Å². The van der Waals surface area contributed by atoms with Crippen molar-refractivity contribution in [3.8, 4) is 0 Å². The van der Waals surface area contributed by atoms with Gasteiger partial charge >= 0.3 is 6.03 Å². The SMILES string of the molecule is CCn1cc(NC(=O)N[C@H]2CCN3CCCC[C@H]23)cn1. The average molecular weight is 277 g/mol. The smallest absolute Gasteiger partial charge is 0.319 e. The zero-order chi connectivity index (χ0) is 13.9. The van der Waals surface area contributed by atoms with E-state index in [4.69, 9.17) is 0 Å². The highest BCUT2D eigenvalue weighted by Crippen LogP contribution is 2.27. The molecule has 110 valence electrons. The van der Waals surface area contributed by atoms with Gasteiger partial charge in [-0.1, -0.05) is 6.42 Å². The van der Waals surface area contributed by atoms with Gasteiger partial charge in [0, 0.05) is 31.4 Å². The van der Waals surface area contributed by atoms with Crippen LogP contribution in [-0.4, -0.2) is 45.9 Å². The summed E-state index contributed by atoms with van der Waals surface area (Å²) in [6.07, 6.45) is 8.38. The minimum atomic E-state index is -0.113. The maximum absolute atomic E-state index is 12.1. The molecule has 1 aromatic rings. The van der Waals surface area contributed by atoms with Crippen LogP contribution in [0.25, 0.3) is 0 Å². The normalized spacial score (nSPS) is 26.2. The first-order chi connectivity index (χ1) is 9.76. The van der Waals surface area contributed by atoms with Gasteiger partial charge in [0.2, 0.25) is 0 Å². The first kappa shape index (κ1) is 13.4. The Kier molecular flexibility index (Phi) is 3.91. The van der Waals surface area contributed by atoms with Gasteiger partial charge < -0.3 is 10.6 Å². The van der Waals surface area contributed by atoms with Gasteiger partial charge in [-0.25, -0.2) is 4.79 Å². The van der Waals surface area contributed by atoms with Crippen molar-refractivity contribution in [3.05, 3.63) is 12.4 Å². The molecule has 1 aromatic heterocycles. The fourth-order valence-electron chi connectivity index (χ4n) is 3.35. The Morgan fingerprint density at radius 1 is 1.40 bits per heavy atom. The van der Waals surface area contributed by atoms with Gasteiger partial charge in [0.25, 0.3) is 0 Å². The molecule has 0 spiro atoms. The van der Waals surface area contributed by atoms with Crippen molar-refractivity contribution in [2.45, 2.75) is 51.2 Å². The maximum Gasteiger partial charge on any atom is 0.319 e. The van der Waals surface area contributed by atoms with E-state index in [1.54, 1.807) is 10.9 Å². The lowest BCUT2D eigenvalue weighted by atomic mass is 9.99. The Morgan fingerprint density at radius 3 is 3.10 bits per heavy atom. The summed E-state index contributed by atoms with van der Waals surface area (Å²) >= 11 is 0. The highest BCUT2D eigenvalue weighted by atomic mass is 16.2. The standard InChI is InChI=1S/C14H23N5O/c1-2-19-10-11(9-15-19)16-14(20)17-12-6-8-18-7-4-3-5-13(12)18/h9-10,12-13H,2-8H2,1H3,(H2,16,17,20)/t12-,13+/m0/s1. The summed E-state index contributed by atoms with van der Waals surface area (Å²) in [6, 6.07) is 0.711. The zero-order valence-corrected chi connectivity index (χ0v) is 12.0. The van der Waals surface area contributed by atoms with E-state index in [9.17, 15) is 4.79 Å². The van der Waals surface area contributed by atoms with E-state index in [2.05, 4.69) is 20.6 Å². The van der Waals surface area contributed by atoms with E-state index in [1.165, 1.54) is 25.8 Å². The zero-order valence-electron chi connectivity index (χ0n) is 12.0. The van der Waals surface area contributed by atoms with Crippen molar-refractivity contribution in [3.63, 3.8) is 0 Å². The molecule has 0 saturated carbocycles. The first-order valence-corrected chi connectivity index (χ1v) is 7.60. The molecule has 20 heavy (non-hydrogen) atoms. The molecule has 2 atom stereocenters. The Hall–Kier alpha value is -1.56. The number of carbonyl (C=O) groups excluding carboxylic acids is 1. The fraction of sp³-hybridized carbons (Fsp3) is 0.714. The van der Waals surface area contributed by atoms with Crippen LogP contribution in [0.15, 0.2) is 12.4 Å². The Bertz CT molecular complexity index is 472. The summed E-state index contributed by atoms with van der Waals surface area (Å²) in [5, 5.41) is 10.1. The van der Waals surface area contributed by atoms with Crippen LogP contribution in [0.1, 0.15) is 32.6 Å². The number of aryl methyl sites for hydroxylation is 1. The number of hydrogen-bond acceptors (Lipinski definition) is 3. The summed E-state index contributed by atoms with van der Waals surface area (Å²) in [6.45, 7) is 5.13. The average Bonchev–Trinajstić information content (AvgIpc) is 3.06. The van der Waals surface area contributed by atoms with E-state index in [0.717, 1.165) is 25.2 Å². The second-order valence-electron chi connectivity index (χ2n) is 5.68. The van der Waals surface area contributed by atoms with Crippen LogP contribution in [-0.2, 0) is 6.54 Å². The molecule has 2 N–H and O–H groups in total. The van der Waals surface area contributed by atoms with E-state index in [0.29, 0.717) is 6.04 Å². The van der Waals surface area contributed by atoms with Crippen LogP contribution in [0.4, 0.5) is 10.5 Å². The number of piperidine rings is 1. The van der Waals surface area contributed by atoms with E-state index in [1.807, 2.05) is 13.1 Å². The molecule has 0 aliphatic carbocycles. The number of aromatic nitrogens is 2. The third-order valence-electron chi connectivity index (χ3n) is 4.39. The second kappa shape index (κ2) is 5.83. The fourth-order valence-corrected chi connectivity index (χ4v) is 3.35. The minimum absolute atomic E-state index is 0.113. The van der Waals surface area contributed by atoms with Crippen LogP contribution < -0.4 is 10.6 Å². The summed E-state index contributed by atoms with van der Waals surface area (Å²) < 4.78 is 1.80. The Labute approximate surface area is 119 Å². The van der Waals surface area contributed by atoms with Crippen molar-refractivity contribution in [1.82, 2.24) is 20.0 Å². The van der Waals surface area contributed by atoms with Crippen LogP contribution in [0.3, 0.4) is 0 Å². The molecular formula is C14H23N5O. The number of anilines is 1. The van der Waals surface area contributed by atoms with Crippen LogP contribution in [0.5, 0.6) is 0 Å². The van der Waals surface area contributed by atoms with Gasteiger partial charge in [0.15, 0.2) is 0 Å². The maximum atomic E-state index is 12.1. The number of nitrogens with zero attached hydrogens (tertiary/aromatic N) is 3. The molecule has 2 fully saturated rings. The monoisotopic (exact) mass is 277 g/mol. The van der Waals surface area contributed by atoms with Gasteiger partial charge in [-0.3, -0.25) is 9.58 Å². The lowest BCUT2D eigenvalue weighted by molar-refractivity contribution is 0.180. The van der Waals surface area contributed by atoms with Gasteiger partial charge in [0.05, 0.1) is 11.9 Å². The molecule has 2 aliphatic rings. The summed E-state index contributed by atoms with van der Waals surface area (Å²) in [5.41, 5.74) is 0.753. The number of hydrogen-bond donors (Lipinski definition) is 2. The molecule has 2 aliphatic heterocycles. The van der Waals surface area contributed by atoms with Crippen molar-refractivity contribution < 1.29 is 4.79 Å². The van der Waals surface area contributed by atoms with E-state index in [-0.39, 0.29) is 12.1 Å². The summed E-state index contributed by atoms with van der Waals surface area (Å²) in [4.78, 5) is 14.6.